The topological polar surface area (TPSA) is 78.0 Å². The average Bonchev–Trinajstić information content (AvgIpc) is 3.56. The van der Waals surface area contributed by atoms with Crippen LogP contribution in [0.2, 0.25) is 0 Å². The fourth-order valence-corrected chi connectivity index (χ4v) is 4.66. The molecule has 172 valence electrons. The van der Waals surface area contributed by atoms with E-state index in [2.05, 4.69) is 22.1 Å². The molecule has 2 aliphatic rings. The van der Waals surface area contributed by atoms with Crippen molar-refractivity contribution in [3.8, 4) is 5.75 Å². The normalized spacial score (nSPS) is 16.6. The molecule has 0 spiro atoms. The molecule has 1 aliphatic carbocycles. The number of ether oxygens (including phenoxy) is 1. The Morgan fingerprint density at radius 2 is 1.97 bits per heavy atom. The monoisotopic (exact) mass is 457 g/mol. The SMILES string of the molecule is CCN1CCN(C(=O)CCN(C(=O)c2csc(Nc3ccccc3OC)n2)C2CC2)CC1. The molecule has 1 saturated carbocycles. The first kappa shape index (κ1) is 22.5. The smallest absolute Gasteiger partial charge is 0.273 e. The molecule has 9 heteroatoms. The Bertz CT molecular complexity index is 937. The third-order valence-electron chi connectivity index (χ3n) is 6.06. The Morgan fingerprint density at radius 1 is 1.22 bits per heavy atom. The molecule has 32 heavy (non-hydrogen) atoms. The van der Waals surface area contributed by atoms with E-state index in [1.54, 1.807) is 12.5 Å². The molecule has 8 nitrogen and oxygen atoms in total. The van der Waals surface area contributed by atoms with Gasteiger partial charge < -0.3 is 24.8 Å². The van der Waals surface area contributed by atoms with Gasteiger partial charge in [0.2, 0.25) is 5.91 Å². The number of carbonyl (C=O) groups excluding carboxylic acids is 2. The second kappa shape index (κ2) is 10.3. The number of hydrogen-bond acceptors (Lipinski definition) is 7. The maximum atomic E-state index is 13.2. The van der Waals surface area contributed by atoms with Crippen LogP contribution in [0, 0.1) is 0 Å². The van der Waals surface area contributed by atoms with Gasteiger partial charge in [0.25, 0.3) is 5.91 Å². The highest BCUT2D eigenvalue weighted by atomic mass is 32.1. The lowest BCUT2D eigenvalue weighted by molar-refractivity contribution is -0.133. The quantitative estimate of drug-likeness (QED) is 0.624. The average molecular weight is 458 g/mol. The fraction of sp³-hybridized carbons (Fsp3) is 0.522. The van der Waals surface area contributed by atoms with Gasteiger partial charge in [-0.15, -0.1) is 11.3 Å². The van der Waals surface area contributed by atoms with E-state index in [4.69, 9.17) is 4.74 Å². The van der Waals surface area contributed by atoms with E-state index in [0.717, 1.165) is 51.3 Å². The summed E-state index contributed by atoms with van der Waals surface area (Å²) in [6.45, 7) is 7.01. The number of rotatable bonds is 9. The first-order valence-electron chi connectivity index (χ1n) is 11.3. The zero-order valence-electron chi connectivity index (χ0n) is 18.7. The van der Waals surface area contributed by atoms with Crippen LogP contribution >= 0.6 is 11.3 Å². The predicted octanol–water partition coefficient (Wildman–Crippen LogP) is 3.05. The summed E-state index contributed by atoms with van der Waals surface area (Å²) in [7, 11) is 1.62. The summed E-state index contributed by atoms with van der Waals surface area (Å²) in [5.41, 5.74) is 1.22. The number of anilines is 2. The van der Waals surface area contributed by atoms with Crippen LogP contribution in [-0.2, 0) is 4.79 Å². The summed E-state index contributed by atoms with van der Waals surface area (Å²) in [6.07, 6.45) is 2.35. The molecule has 0 atom stereocenters. The van der Waals surface area contributed by atoms with Crippen LogP contribution in [-0.4, -0.2) is 83.9 Å². The molecule has 1 aromatic heterocycles. The molecular formula is C23H31N5O3S. The maximum absolute atomic E-state index is 13.2. The molecule has 4 rings (SSSR count). The first-order valence-corrected chi connectivity index (χ1v) is 12.1. The summed E-state index contributed by atoms with van der Waals surface area (Å²) in [5.74, 6) is 0.755. The van der Waals surface area contributed by atoms with Crippen LogP contribution in [0.4, 0.5) is 10.8 Å². The van der Waals surface area contributed by atoms with Crippen LogP contribution < -0.4 is 10.1 Å². The minimum atomic E-state index is -0.0968. The summed E-state index contributed by atoms with van der Waals surface area (Å²) >= 11 is 1.39. The summed E-state index contributed by atoms with van der Waals surface area (Å²) in [5, 5.41) is 5.65. The van der Waals surface area contributed by atoms with Gasteiger partial charge in [-0.1, -0.05) is 19.1 Å². The highest BCUT2D eigenvalue weighted by Crippen LogP contribution is 2.31. The minimum absolute atomic E-state index is 0.0968. The lowest BCUT2D eigenvalue weighted by Gasteiger charge is -2.34. The molecule has 1 saturated heterocycles. The van der Waals surface area contributed by atoms with Gasteiger partial charge in [0.15, 0.2) is 5.13 Å². The Kier molecular flexibility index (Phi) is 7.26. The number of nitrogens with zero attached hydrogens (tertiary/aromatic N) is 4. The molecule has 2 amide bonds. The van der Waals surface area contributed by atoms with Crippen molar-refractivity contribution in [1.82, 2.24) is 19.7 Å². The summed E-state index contributed by atoms with van der Waals surface area (Å²) in [6, 6.07) is 7.82. The highest BCUT2D eigenvalue weighted by Gasteiger charge is 2.34. The Morgan fingerprint density at radius 3 is 2.66 bits per heavy atom. The molecule has 1 aromatic carbocycles. The highest BCUT2D eigenvalue weighted by molar-refractivity contribution is 7.14. The van der Waals surface area contributed by atoms with E-state index in [9.17, 15) is 9.59 Å². The number of piperazine rings is 1. The Balaban J connectivity index is 1.35. The van der Waals surface area contributed by atoms with Gasteiger partial charge >= 0.3 is 0 Å². The number of likely N-dealkylation sites (N-methyl/N-ethyl adjacent to an activating group) is 1. The Labute approximate surface area is 193 Å². The van der Waals surface area contributed by atoms with Gasteiger partial charge in [0.1, 0.15) is 11.4 Å². The lowest BCUT2D eigenvalue weighted by Crippen LogP contribution is -2.49. The van der Waals surface area contributed by atoms with Crippen LogP contribution in [0.5, 0.6) is 5.75 Å². The van der Waals surface area contributed by atoms with Crippen molar-refractivity contribution < 1.29 is 14.3 Å². The third-order valence-corrected chi connectivity index (χ3v) is 6.82. The molecule has 0 radical (unpaired) electrons. The van der Waals surface area contributed by atoms with E-state index in [0.29, 0.717) is 29.5 Å². The van der Waals surface area contributed by atoms with Crippen LogP contribution in [0.25, 0.3) is 0 Å². The first-order chi connectivity index (χ1) is 15.6. The van der Waals surface area contributed by atoms with Gasteiger partial charge in [-0.3, -0.25) is 9.59 Å². The number of aromatic nitrogens is 1. The molecule has 1 aliphatic heterocycles. The molecule has 1 N–H and O–H groups in total. The van der Waals surface area contributed by atoms with Gasteiger partial charge in [-0.2, -0.15) is 0 Å². The van der Waals surface area contributed by atoms with Crippen molar-refractivity contribution in [3.63, 3.8) is 0 Å². The molecular weight excluding hydrogens is 426 g/mol. The minimum Gasteiger partial charge on any atom is -0.495 e. The van der Waals surface area contributed by atoms with E-state index in [1.165, 1.54) is 11.3 Å². The standard InChI is InChI=1S/C23H31N5O3S/c1-3-26-12-14-27(15-13-26)21(29)10-11-28(17-8-9-17)22(30)19-16-32-23(25-19)24-18-6-4-5-7-20(18)31-2/h4-7,16-17H,3,8-15H2,1-2H3,(H,24,25). The lowest BCUT2D eigenvalue weighted by atomic mass is 10.2. The zero-order chi connectivity index (χ0) is 22.5. The van der Waals surface area contributed by atoms with Gasteiger partial charge in [0, 0.05) is 50.6 Å². The van der Waals surface area contributed by atoms with Gasteiger partial charge in [0.05, 0.1) is 12.8 Å². The Hall–Kier alpha value is -2.65. The van der Waals surface area contributed by atoms with Crippen molar-refractivity contribution in [3.05, 3.63) is 35.3 Å². The third kappa shape index (κ3) is 5.39. The van der Waals surface area contributed by atoms with Gasteiger partial charge in [-0.05, 0) is 31.5 Å². The number of hydrogen-bond donors (Lipinski definition) is 1. The van der Waals surface area contributed by atoms with E-state index >= 15 is 0 Å². The van der Waals surface area contributed by atoms with E-state index < -0.39 is 0 Å². The number of nitrogens with one attached hydrogen (secondary N) is 1. The summed E-state index contributed by atoms with van der Waals surface area (Å²) in [4.78, 5) is 36.5. The number of para-hydroxylation sites is 2. The van der Waals surface area contributed by atoms with Crippen molar-refractivity contribution in [2.75, 3.05) is 51.7 Å². The second-order valence-corrected chi connectivity index (χ2v) is 9.02. The van der Waals surface area contributed by atoms with Crippen LogP contribution in [0.1, 0.15) is 36.7 Å². The van der Waals surface area contributed by atoms with Crippen molar-refractivity contribution in [2.24, 2.45) is 0 Å². The number of carbonyl (C=O) groups is 2. The molecule has 0 unspecified atom stereocenters. The van der Waals surface area contributed by atoms with E-state index in [-0.39, 0.29) is 17.9 Å². The number of thiazole rings is 1. The van der Waals surface area contributed by atoms with Gasteiger partial charge in [-0.25, -0.2) is 4.98 Å². The summed E-state index contributed by atoms with van der Waals surface area (Å²) < 4.78 is 5.37. The largest absolute Gasteiger partial charge is 0.495 e. The molecule has 2 aromatic rings. The molecule has 0 bridgehead atoms. The number of amides is 2. The fourth-order valence-electron chi connectivity index (χ4n) is 3.96. The van der Waals surface area contributed by atoms with Crippen molar-refractivity contribution in [2.45, 2.75) is 32.2 Å². The zero-order valence-corrected chi connectivity index (χ0v) is 19.6. The van der Waals surface area contributed by atoms with Crippen LogP contribution in [0.3, 0.4) is 0 Å². The number of benzene rings is 1. The molecule has 2 fully saturated rings. The van der Waals surface area contributed by atoms with E-state index in [1.807, 2.05) is 34.1 Å². The van der Waals surface area contributed by atoms with Crippen LogP contribution in [0.15, 0.2) is 29.6 Å². The predicted molar refractivity (Wildman–Crippen MR) is 126 cm³/mol. The molecule has 2 heterocycles. The maximum Gasteiger partial charge on any atom is 0.273 e. The van der Waals surface area contributed by atoms with Crippen molar-refractivity contribution >= 4 is 34.0 Å². The number of methoxy groups -OCH3 is 1. The van der Waals surface area contributed by atoms with Crippen molar-refractivity contribution in [1.29, 1.82) is 0 Å². The second-order valence-electron chi connectivity index (χ2n) is 8.16.